The summed E-state index contributed by atoms with van der Waals surface area (Å²) in [5, 5.41) is 0.378. The Labute approximate surface area is 146 Å². The summed E-state index contributed by atoms with van der Waals surface area (Å²) < 4.78 is 0.998. The molecule has 22 heavy (non-hydrogen) atoms. The quantitative estimate of drug-likeness (QED) is 0.809. The number of hydrogen-bond acceptors (Lipinski definition) is 3. The molecule has 1 heterocycles. The van der Waals surface area contributed by atoms with Crippen molar-refractivity contribution >= 4 is 34.5 Å². The van der Waals surface area contributed by atoms with Gasteiger partial charge in [0.25, 0.3) is 5.91 Å². The molecule has 0 bridgehead atoms. The fraction of sp³-hybridized carbons (Fsp3) is 0.588. The molecule has 0 aromatic heterocycles. The second-order valence-corrected chi connectivity index (χ2v) is 7.95. The van der Waals surface area contributed by atoms with Crippen LogP contribution in [0, 0.1) is 0 Å². The van der Waals surface area contributed by atoms with E-state index in [9.17, 15) is 4.79 Å². The van der Waals surface area contributed by atoms with Crippen molar-refractivity contribution in [2.24, 2.45) is 0 Å². The maximum absolute atomic E-state index is 12.8. The average Bonchev–Trinajstić information content (AvgIpc) is 3.15. The predicted octanol–water partition coefficient (Wildman–Crippen LogP) is 3.45. The van der Waals surface area contributed by atoms with Crippen molar-refractivity contribution in [1.29, 1.82) is 0 Å². The number of thiol groups is 1. The average molecular weight is 383 g/mol. The molecule has 1 saturated carbocycles. The fourth-order valence-electron chi connectivity index (χ4n) is 3.84. The summed E-state index contributed by atoms with van der Waals surface area (Å²) in [7, 11) is 1.95. The standard InChI is InChI=1S/C17H23BrN2OS/c1-19(17(21)12-4-6-13(18)7-5-12)14-8-9-15(22)16(14)20-10-2-3-11-20/h4-7,14-16,22H,2-3,8-11H2,1H3. The van der Waals surface area contributed by atoms with Gasteiger partial charge in [0.15, 0.2) is 0 Å². The molecular formula is C17H23BrN2OS. The van der Waals surface area contributed by atoms with E-state index in [1.807, 2.05) is 36.2 Å². The summed E-state index contributed by atoms with van der Waals surface area (Å²) in [5.41, 5.74) is 0.758. The number of halogens is 1. The van der Waals surface area contributed by atoms with Crippen LogP contribution in [0.3, 0.4) is 0 Å². The Bertz CT molecular complexity index is 530. The van der Waals surface area contributed by atoms with E-state index in [4.69, 9.17) is 12.6 Å². The van der Waals surface area contributed by atoms with Crippen molar-refractivity contribution in [3.05, 3.63) is 34.3 Å². The van der Waals surface area contributed by atoms with Crippen molar-refractivity contribution in [1.82, 2.24) is 9.80 Å². The molecule has 5 heteroatoms. The van der Waals surface area contributed by atoms with E-state index in [0.717, 1.165) is 36.0 Å². The summed E-state index contributed by atoms with van der Waals surface area (Å²) in [6.45, 7) is 2.30. The van der Waals surface area contributed by atoms with Gasteiger partial charge in [-0.1, -0.05) is 15.9 Å². The van der Waals surface area contributed by atoms with Gasteiger partial charge in [-0.15, -0.1) is 0 Å². The maximum Gasteiger partial charge on any atom is 0.253 e. The van der Waals surface area contributed by atoms with Crippen LogP contribution in [0.15, 0.2) is 28.7 Å². The molecule has 3 rings (SSSR count). The van der Waals surface area contributed by atoms with Gasteiger partial charge in [0.2, 0.25) is 0 Å². The molecule has 2 fully saturated rings. The number of hydrogen-bond donors (Lipinski definition) is 1. The molecule has 2 aliphatic rings. The summed E-state index contributed by atoms with van der Waals surface area (Å²) in [6.07, 6.45) is 4.68. The van der Waals surface area contributed by atoms with Gasteiger partial charge < -0.3 is 4.90 Å². The number of amides is 1. The molecule has 0 spiro atoms. The highest BCUT2D eigenvalue weighted by atomic mass is 79.9. The number of carbonyl (C=O) groups is 1. The van der Waals surface area contributed by atoms with E-state index < -0.39 is 0 Å². The maximum atomic E-state index is 12.8. The lowest BCUT2D eigenvalue weighted by molar-refractivity contribution is 0.0649. The van der Waals surface area contributed by atoms with Crippen LogP contribution in [0.25, 0.3) is 0 Å². The topological polar surface area (TPSA) is 23.6 Å². The zero-order chi connectivity index (χ0) is 15.7. The lowest BCUT2D eigenvalue weighted by Gasteiger charge is -2.36. The number of benzene rings is 1. The van der Waals surface area contributed by atoms with Crippen LogP contribution in [-0.4, -0.2) is 53.2 Å². The summed E-state index contributed by atoms with van der Waals surface area (Å²) in [6, 6.07) is 8.30. The van der Waals surface area contributed by atoms with Crippen LogP contribution in [0.5, 0.6) is 0 Å². The Morgan fingerprint density at radius 1 is 1.23 bits per heavy atom. The lowest BCUT2D eigenvalue weighted by Crippen LogP contribution is -2.51. The molecule has 0 radical (unpaired) electrons. The monoisotopic (exact) mass is 382 g/mol. The van der Waals surface area contributed by atoms with E-state index in [1.165, 1.54) is 12.8 Å². The lowest BCUT2D eigenvalue weighted by atomic mass is 10.1. The molecule has 3 nitrogen and oxygen atoms in total. The van der Waals surface area contributed by atoms with E-state index in [0.29, 0.717) is 11.3 Å². The molecule has 120 valence electrons. The summed E-state index contributed by atoms with van der Waals surface area (Å²) >= 11 is 8.22. The van der Waals surface area contributed by atoms with Gasteiger partial charge in [0, 0.05) is 34.4 Å². The highest BCUT2D eigenvalue weighted by molar-refractivity contribution is 9.10. The number of nitrogens with zero attached hydrogens (tertiary/aromatic N) is 2. The molecule has 3 atom stereocenters. The van der Waals surface area contributed by atoms with Crippen LogP contribution in [-0.2, 0) is 0 Å². The van der Waals surface area contributed by atoms with Gasteiger partial charge in [-0.05, 0) is 63.0 Å². The molecule has 1 aliphatic heterocycles. The van der Waals surface area contributed by atoms with Crippen LogP contribution < -0.4 is 0 Å². The van der Waals surface area contributed by atoms with Gasteiger partial charge in [-0.25, -0.2) is 0 Å². The number of likely N-dealkylation sites (N-methyl/N-ethyl adjacent to an activating group) is 1. The Morgan fingerprint density at radius 2 is 1.86 bits per heavy atom. The number of likely N-dealkylation sites (tertiary alicyclic amines) is 1. The third-order valence-electron chi connectivity index (χ3n) is 5.02. The van der Waals surface area contributed by atoms with Crippen molar-refractivity contribution < 1.29 is 4.79 Å². The van der Waals surface area contributed by atoms with Crippen molar-refractivity contribution in [2.45, 2.75) is 43.0 Å². The van der Waals surface area contributed by atoms with E-state index in [2.05, 4.69) is 20.8 Å². The first-order valence-electron chi connectivity index (χ1n) is 8.03. The number of rotatable bonds is 3. The molecule has 1 aromatic rings. The minimum Gasteiger partial charge on any atom is -0.337 e. The second-order valence-electron chi connectivity index (χ2n) is 6.37. The third-order valence-corrected chi connectivity index (χ3v) is 6.11. The van der Waals surface area contributed by atoms with Crippen molar-refractivity contribution in [3.63, 3.8) is 0 Å². The van der Waals surface area contributed by atoms with Gasteiger partial charge in [-0.2, -0.15) is 12.6 Å². The first-order valence-corrected chi connectivity index (χ1v) is 9.33. The Hall–Kier alpha value is -0.520. The minimum absolute atomic E-state index is 0.115. The van der Waals surface area contributed by atoms with Crippen molar-refractivity contribution in [3.8, 4) is 0 Å². The third kappa shape index (κ3) is 3.22. The van der Waals surface area contributed by atoms with Crippen molar-refractivity contribution in [2.75, 3.05) is 20.1 Å². The second kappa shape index (κ2) is 6.93. The SMILES string of the molecule is CN(C(=O)c1ccc(Br)cc1)C1CCC(S)C1N1CCCC1. The number of carbonyl (C=O) groups excluding carboxylic acids is 1. The molecule has 0 N–H and O–H groups in total. The Kier molecular flexibility index (Phi) is 5.15. The molecular weight excluding hydrogens is 360 g/mol. The molecule has 1 saturated heterocycles. The first-order chi connectivity index (χ1) is 10.6. The Balaban J connectivity index is 1.76. The van der Waals surface area contributed by atoms with Gasteiger partial charge in [-0.3, -0.25) is 9.69 Å². The first kappa shape index (κ1) is 16.3. The largest absolute Gasteiger partial charge is 0.337 e. The van der Waals surface area contributed by atoms with Crippen LogP contribution in [0.2, 0.25) is 0 Å². The zero-order valence-electron chi connectivity index (χ0n) is 12.9. The minimum atomic E-state index is 0.115. The van der Waals surface area contributed by atoms with E-state index >= 15 is 0 Å². The van der Waals surface area contributed by atoms with Gasteiger partial charge in [0.1, 0.15) is 0 Å². The van der Waals surface area contributed by atoms with E-state index in [1.54, 1.807) is 0 Å². The molecule has 3 unspecified atom stereocenters. The molecule has 1 aromatic carbocycles. The molecule has 1 aliphatic carbocycles. The molecule has 1 amide bonds. The highest BCUT2D eigenvalue weighted by Crippen LogP contribution is 2.34. The van der Waals surface area contributed by atoms with Gasteiger partial charge >= 0.3 is 0 Å². The van der Waals surface area contributed by atoms with Crippen LogP contribution in [0.1, 0.15) is 36.0 Å². The highest BCUT2D eigenvalue weighted by Gasteiger charge is 2.42. The smallest absolute Gasteiger partial charge is 0.253 e. The predicted molar refractivity (Wildman–Crippen MR) is 96.6 cm³/mol. The van der Waals surface area contributed by atoms with E-state index in [-0.39, 0.29) is 11.9 Å². The fourth-order valence-corrected chi connectivity index (χ4v) is 4.64. The van der Waals surface area contributed by atoms with Gasteiger partial charge in [0.05, 0.1) is 0 Å². The Morgan fingerprint density at radius 3 is 2.50 bits per heavy atom. The normalized spacial score (nSPS) is 29.0. The summed E-state index contributed by atoms with van der Waals surface area (Å²) in [4.78, 5) is 17.3. The van der Waals surface area contributed by atoms with Crippen LogP contribution in [0.4, 0.5) is 0 Å². The zero-order valence-corrected chi connectivity index (χ0v) is 15.4. The summed E-state index contributed by atoms with van der Waals surface area (Å²) in [5.74, 6) is 0.115. The van der Waals surface area contributed by atoms with Crippen LogP contribution >= 0.6 is 28.6 Å².